The maximum atomic E-state index is 12.1. The number of carbonyl (C=O) groups excluding carboxylic acids is 2. The highest BCUT2D eigenvalue weighted by Crippen LogP contribution is 2.21. The monoisotopic (exact) mass is 336 g/mol. The van der Waals surface area contributed by atoms with Gasteiger partial charge in [0.05, 0.1) is 19.3 Å². The minimum atomic E-state index is -0.602. The number of nitrogens with one attached hydrogen (secondary N) is 2. The molecule has 1 aromatic heterocycles. The summed E-state index contributed by atoms with van der Waals surface area (Å²) in [4.78, 5) is 26.3. The number of nitrogens with zero attached hydrogens (tertiary/aromatic N) is 2. The third kappa shape index (κ3) is 5.07. The van der Waals surface area contributed by atoms with Crippen LogP contribution < -0.4 is 10.6 Å². The molecule has 0 bridgehead atoms. The molecule has 7 heteroatoms. The van der Waals surface area contributed by atoms with Gasteiger partial charge in [0, 0.05) is 44.1 Å². The van der Waals surface area contributed by atoms with Gasteiger partial charge in [0.15, 0.2) is 0 Å². The number of aromatic nitrogens is 1. The van der Waals surface area contributed by atoms with Gasteiger partial charge < -0.3 is 19.9 Å². The number of ether oxygens (including phenoxy) is 1. The van der Waals surface area contributed by atoms with Gasteiger partial charge in [-0.1, -0.05) is 0 Å². The third-order valence-corrected chi connectivity index (χ3v) is 3.96. The zero-order valence-corrected chi connectivity index (χ0v) is 15.0. The summed E-state index contributed by atoms with van der Waals surface area (Å²) in [6, 6.07) is 4.04. The van der Waals surface area contributed by atoms with E-state index >= 15 is 0 Å². The summed E-state index contributed by atoms with van der Waals surface area (Å²) >= 11 is 0. The molecule has 134 valence electrons. The molecule has 1 aromatic rings. The van der Waals surface area contributed by atoms with Crippen LogP contribution in [0.5, 0.6) is 0 Å². The summed E-state index contributed by atoms with van der Waals surface area (Å²) in [5.41, 5.74) is 0.671. The second-order valence-corrected chi connectivity index (χ2v) is 7.12. The van der Waals surface area contributed by atoms with E-state index in [1.54, 1.807) is 0 Å². The Kier molecular flexibility index (Phi) is 6.01. The molecule has 0 aliphatic carbocycles. The van der Waals surface area contributed by atoms with Crippen LogP contribution in [-0.4, -0.2) is 59.7 Å². The van der Waals surface area contributed by atoms with Gasteiger partial charge in [0.25, 0.3) is 0 Å². The van der Waals surface area contributed by atoms with Gasteiger partial charge in [0.1, 0.15) is 0 Å². The van der Waals surface area contributed by atoms with Crippen molar-refractivity contribution in [2.75, 3.05) is 32.8 Å². The summed E-state index contributed by atoms with van der Waals surface area (Å²) in [5, 5.41) is 5.45. The zero-order valence-electron chi connectivity index (χ0n) is 15.0. The number of hydrogen-bond acceptors (Lipinski definition) is 4. The van der Waals surface area contributed by atoms with E-state index in [4.69, 9.17) is 4.74 Å². The van der Waals surface area contributed by atoms with Crippen molar-refractivity contribution in [1.82, 2.24) is 20.1 Å². The van der Waals surface area contributed by atoms with E-state index in [-0.39, 0.29) is 6.04 Å². The van der Waals surface area contributed by atoms with Crippen LogP contribution in [0.1, 0.15) is 32.5 Å². The van der Waals surface area contributed by atoms with Crippen molar-refractivity contribution in [3.63, 3.8) is 0 Å². The number of aryl methyl sites for hydroxylation is 1. The lowest BCUT2D eigenvalue weighted by atomic mass is 10.1. The molecule has 0 aromatic carbocycles. The molecule has 0 unspecified atom stereocenters. The van der Waals surface area contributed by atoms with Gasteiger partial charge in [-0.2, -0.15) is 0 Å². The average molecular weight is 336 g/mol. The Morgan fingerprint density at radius 3 is 2.46 bits per heavy atom. The first-order valence-electron chi connectivity index (χ1n) is 8.31. The van der Waals surface area contributed by atoms with E-state index in [1.165, 1.54) is 0 Å². The van der Waals surface area contributed by atoms with Crippen LogP contribution in [0.25, 0.3) is 0 Å². The fraction of sp³-hybridized carbons (Fsp3) is 0.647. The predicted molar refractivity (Wildman–Crippen MR) is 91.5 cm³/mol. The Labute approximate surface area is 143 Å². The van der Waals surface area contributed by atoms with Crippen LogP contribution in [-0.2, 0) is 21.4 Å². The molecular weight excluding hydrogens is 308 g/mol. The summed E-state index contributed by atoms with van der Waals surface area (Å²) in [6.45, 7) is 8.89. The fourth-order valence-electron chi connectivity index (χ4n) is 2.80. The van der Waals surface area contributed by atoms with Crippen molar-refractivity contribution in [3.05, 3.63) is 24.0 Å². The molecular formula is C17H28N4O3. The van der Waals surface area contributed by atoms with Crippen molar-refractivity contribution in [1.29, 1.82) is 0 Å². The van der Waals surface area contributed by atoms with Crippen LogP contribution in [0.3, 0.4) is 0 Å². The third-order valence-electron chi connectivity index (χ3n) is 3.96. The molecule has 2 rings (SSSR count). The Hall–Kier alpha value is -1.86. The highest BCUT2D eigenvalue weighted by Gasteiger charge is 2.26. The molecule has 2 amide bonds. The van der Waals surface area contributed by atoms with Gasteiger partial charge >= 0.3 is 11.8 Å². The number of hydrogen-bond donors (Lipinski definition) is 2. The van der Waals surface area contributed by atoms with Crippen LogP contribution in [0.15, 0.2) is 18.3 Å². The first-order valence-corrected chi connectivity index (χ1v) is 8.31. The average Bonchev–Trinajstić information content (AvgIpc) is 2.93. The summed E-state index contributed by atoms with van der Waals surface area (Å²) < 4.78 is 7.46. The highest BCUT2D eigenvalue weighted by atomic mass is 16.5. The number of amides is 2. The van der Waals surface area contributed by atoms with E-state index in [9.17, 15) is 9.59 Å². The van der Waals surface area contributed by atoms with Crippen molar-refractivity contribution in [2.24, 2.45) is 7.05 Å². The first kappa shape index (κ1) is 18.5. The minimum Gasteiger partial charge on any atom is -0.379 e. The normalized spacial score (nSPS) is 17.3. The first-order chi connectivity index (χ1) is 11.3. The van der Waals surface area contributed by atoms with Crippen molar-refractivity contribution in [2.45, 2.75) is 32.4 Å². The smallest absolute Gasteiger partial charge is 0.309 e. The zero-order chi connectivity index (χ0) is 17.7. The Morgan fingerprint density at radius 1 is 1.25 bits per heavy atom. The van der Waals surface area contributed by atoms with Gasteiger partial charge in [0.2, 0.25) is 0 Å². The van der Waals surface area contributed by atoms with E-state index in [0.717, 1.165) is 18.8 Å². The molecule has 0 spiro atoms. The molecule has 1 aliphatic rings. The molecule has 1 aliphatic heterocycles. The second-order valence-electron chi connectivity index (χ2n) is 7.12. The van der Waals surface area contributed by atoms with Crippen molar-refractivity contribution >= 4 is 11.8 Å². The standard InChI is InChI=1S/C17H28N4O3/c1-17(2,3)19-16(23)15(22)18-12-14(13-6-5-7-20(13)4)21-8-10-24-11-9-21/h5-7,14H,8-12H2,1-4H3,(H,18,22)(H,19,23)/t14-/m0/s1. The van der Waals surface area contributed by atoms with Crippen LogP contribution >= 0.6 is 0 Å². The predicted octanol–water partition coefficient (Wildman–Crippen LogP) is 0.429. The number of rotatable bonds is 4. The maximum absolute atomic E-state index is 12.1. The van der Waals surface area contributed by atoms with Gasteiger partial charge in [-0.15, -0.1) is 0 Å². The second kappa shape index (κ2) is 7.81. The van der Waals surface area contributed by atoms with Crippen LogP contribution in [0.4, 0.5) is 0 Å². The molecule has 7 nitrogen and oxygen atoms in total. The van der Waals surface area contributed by atoms with Gasteiger partial charge in [-0.3, -0.25) is 14.5 Å². The Morgan fingerprint density at radius 2 is 1.92 bits per heavy atom. The molecule has 2 N–H and O–H groups in total. The Bertz CT molecular complexity index is 571. The lowest BCUT2D eigenvalue weighted by Crippen LogP contribution is -2.50. The van der Waals surface area contributed by atoms with Gasteiger partial charge in [-0.05, 0) is 32.9 Å². The van der Waals surface area contributed by atoms with Gasteiger partial charge in [-0.25, -0.2) is 0 Å². The Balaban J connectivity index is 2.02. The molecule has 1 fully saturated rings. The quantitative estimate of drug-likeness (QED) is 0.782. The van der Waals surface area contributed by atoms with Crippen LogP contribution in [0.2, 0.25) is 0 Å². The topological polar surface area (TPSA) is 75.6 Å². The number of carbonyl (C=O) groups is 2. The molecule has 1 saturated heterocycles. The van der Waals surface area contributed by atoms with E-state index in [1.807, 2.05) is 50.7 Å². The molecule has 0 radical (unpaired) electrons. The van der Waals surface area contributed by atoms with E-state index in [2.05, 4.69) is 15.5 Å². The summed E-state index contributed by atoms with van der Waals surface area (Å²) in [7, 11) is 1.98. The molecule has 2 heterocycles. The summed E-state index contributed by atoms with van der Waals surface area (Å²) in [6.07, 6.45) is 1.98. The maximum Gasteiger partial charge on any atom is 0.309 e. The molecule has 0 saturated carbocycles. The minimum absolute atomic E-state index is 0.0142. The fourth-order valence-corrected chi connectivity index (χ4v) is 2.80. The lowest BCUT2D eigenvalue weighted by Gasteiger charge is -2.35. The van der Waals surface area contributed by atoms with Crippen molar-refractivity contribution < 1.29 is 14.3 Å². The largest absolute Gasteiger partial charge is 0.379 e. The SMILES string of the molecule is Cn1cccc1[C@H](CNC(=O)C(=O)NC(C)(C)C)N1CCOCC1. The van der Waals surface area contributed by atoms with E-state index < -0.39 is 17.4 Å². The number of morpholine rings is 1. The molecule has 1 atom stereocenters. The van der Waals surface area contributed by atoms with Crippen LogP contribution in [0, 0.1) is 0 Å². The van der Waals surface area contributed by atoms with Crippen molar-refractivity contribution in [3.8, 4) is 0 Å². The highest BCUT2D eigenvalue weighted by molar-refractivity contribution is 6.35. The lowest BCUT2D eigenvalue weighted by molar-refractivity contribution is -0.140. The van der Waals surface area contributed by atoms with E-state index in [0.29, 0.717) is 19.8 Å². The summed E-state index contributed by atoms with van der Waals surface area (Å²) in [5.74, 6) is -1.20. The molecule has 24 heavy (non-hydrogen) atoms.